The van der Waals surface area contributed by atoms with Gasteiger partial charge in [0.2, 0.25) is 0 Å². The Labute approximate surface area is 104 Å². The third kappa shape index (κ3) is 2.13. The van der Waals surface area contributed by atoms with Crippen LogP contribution in [0.1, 0.15) is 16.1 Å². The molecule has 6 heteroatoms. The first-order valence-corrected chi connectivity index (χ1v) is 4.90. The van der Waals surface area contributed by atoms with E-state index in [1.165, 1.54) is 7.11 Å². The van der Waals surface area contributed by atoms with Gasteiger partial charge in [-0.25, -0.2) is 9.78 Å². The van der Waals surface area contributed by atoms with E-state index in [0.29, 0.717) is 17.1 Å². The van der Waals surface area contributed by atoms with Crippen LogP contribution in [0, 0.1) is 0 Å². The summed E-state index contributed by atoms with van der Waals surface area (Å²) >= 11 is 5.67. The highest BCUT2D eigenvalue weighted by atomic mass is 35.5. The molecule has 0 radical (unpaired) electrons. The summed E-state index contributed by atoms with van der Waals surface area (Å²) in [6.45, 7) is 0. The average molecular weight is 261 g/mol. The number of rotatable bonds is 2. The Morgan fingerprint density at radius 2 is 2.38 bits per heavy atom. The van der Waals surface area contributed by atoms with Crippen LogP contribution >= 0.6 is 24.0 Å². The fourth-order valence-electron chi connectivity index (χ4n) is 1.40. The number of carbonyl (C=O) groups is 1. The van der Waals surface area contributed by atoms with Crippen molar-refractivity contribution in [3.63, 3.8) is 0 Å². The molecule has 0 bridgehead atoms. The Morgan fingerprint density at radius 1 is 1.62 bits per heavy atom. The molecule has 2 heterocycles. The summed E-state index contributed by atoms with van der Waals surface area (Å²) in [5, 5.41) is 0. The first-order valence-electron chi connectivity index (χ1n) is 4.37. The standard InChI is InChI=1S/C10H9ClN2O2.ClH/c1-15-10(14)8-3-2-4-13-6-7(5-11)12-9(8)13;/h2-4,6H,5H2,1H3;1H. The van der Waals surface area contributed by atoms with Crippen molar-refractivity contribution in [3.05, 3.63) is 35.8 Å². The Bertz CT molecular complexity index is 510. The third-order valence-electron chi connectivity index (χ3n) is 2.07. The molecule has 16 heavy (non-hydrogen) atoms. The highest BCUT2D eigenvalue weighted by molar-refractivity contribution is 6.16. The molecule has 0 aliphatic carbocycles. The number of ether oxygens (including phenoxy) is 1. The molecule has 0 atom stereocenters. The Hall–Kier alpha value is -1.26. The second-order valence-electron chi connectivity index (χ2n) is 3.01. The zero-order valence-electron chi connectivity index (χ0n) is 8.51. The zero-order chi connectivity index (χ0) is 10.8. The van der Waals surface area contributed by atoms with Crippen LogP contribution in [0.25, 0.3) is 5.65 Å². The normalized spacial score (nSPS) is 9.88. The van der Waals surface area contributed by atoms with Crippen LogP contribution in [0.3, 0.4) is 0 Å². The predicted molar refractivity (Wildman–Crippen MR) is 63.3 cm³/mol. The van der Waals surface area contributed by atoms with Gasteiger partial charge in [-0.3, -0.25) is 0 Å². The number of carbonyl (C=O) groups excluding carboxylic acids is 1. The van der Waals surface area contributed by atoms with Crippen molar-refractivity contribution in [2.75, 3.05) is 7.11 Å². The minimum absolute atomic E-state index is 0. The van der Waals surface area contributed by atoms with E-state index in [-0.39, 0.29) is 12.4 Å². The quantitative estimate of drug-likeness (QED) is 0.615. The zero-order valence-corrected chi connectivity index (χ0v) is 10.1. The monoisotopic (exact) mass is 260 g/mol. The van der Waals surface area contributed by atoms with Crippen molar-refractivity contribution in [2.24, 2.45) is 0 Å². The summed E-state index contributed by atoms with van der Waals surface area (Å²) in [6.07, 6.45) is 3.60. The van der Waals surface area contributed by atoms with Gasteiger partial charge in [0.25, 0.3) is 0 Å². The molecule has 2 aromatic rings. The van der Waals surface area contributed by atoms with Crippen molar-refractivity contribution >= 4 is 35.6 Å². The Morgan fingerprint density at radius 3 is 3.00 bits per heavy atom. The summed E-state index contributed by atoms with van der Waals surface area (Å²) in [7, 11) is 1.34. The number of hydrogen-bond donors (Lipinski definition) is 0. The largest absolute Gasteiger partial charge is 0.465 e. The smallest absolute Gasteiger partial charge is 0.341 e. The number of methoxy groups -OCH3 is 1. The molecule has 0 saturated carbocycles. The second-order valence-corrected chi connectivity index (χ2v) is 3.28. The van der Waals surface area contributed by atoms with E-state index in [4.69, 9.17) is 11.6 Å². The van der Waals surface area contributed by atoms with E-state index in [1.807, 2.05) is 6.20 Å². The van der Waals surface area contributed by atoms with Gasteiger partial charge in [-0.1, -0.05) is 0 Å². The summed E-state index contributed by atoms with van der Waals surface area (Å²) in [6, 6.07) is 3.44. The molecule has 0 N–H and O–H groups in total. The van der Waals surface area contributed by atoms with Crippen LogP contribution in [0.2, 0.25) is 0 Å². The van der Waals surface area contributed by atoms with Gasteiger partial charge in [0.05, 0.1) is 18.7 Å². The Balaban J connectivity index is 0.00000128. The first kappa shape index (κ1) is 12.8. The number of imidazole rings is 1. The van der Waals surface area contributed by atoms with E-state index >= 15 is 0 Å². The molecule has 0 spiro atoms. The fraction of sp³-hybridized carbons (Fsp3) is 0.200. The number of hydrogen-bond acceptors (Lipinski definition) is 3. The molecule has 2 rings (SSSR count). The van der Waals surface area contributed by atoms with Crippen LogP contribution in [-0.2, 0) is 10.6 Å². The first-order chi connectivity index (χ1) is 7.26. The van der Waals surface area contributed by atoms with Crippen molar-refractivity contribution in [1.29, 1.82) is 0 Å². The molecule has 0 fully saturated rings. The van der Waals surface area contributed by atoms with Crippen molar-refractivity contribution in [1.82, 2.24) is 9.38 Å². The predicted octanol–water partition coefficient (Wildman–Crippen LogP) is 2.28. The van der Waals surface area contributed by atoms with Gasteiger partial charge in [-0.15, -0.1) is 24.0 Å². The minimum atomic E-state index is -0.396. The number of halogens is 2. The summed E-state index contributed by atoms with van der Waals surface area (Å²) < 4.78 is 6.42. The van der Waals surface area contributed by atoms with Gasteiger partial charge < -0.3 is 9.14 Å². The minimum Gasteiger partial charge on any atom is -0.465 e. The molecule has 0 saturated heterocycles. The summed E-state index contributed by atoms with van der Waals surface area (Å²) in [5.41, 5.74) is 1.74. The summed E-state index contributed by atoms with van der Waals surface area (Å²) in [4.78, 5) is 15.6. The maximum atomic E-state index is 11.4. The lowest BCUT2D eigenvalue weighted by Crippen LogP contribution is -2.03. The molecular weight excluding hydrogens is 251 g/mol. The van der Waals surface area contributed by atoms with Crippen LogP contribution in [0.15, 0.2) is 24.5 Å². The van der Waals surface area contributed by atoms with E-state index < -0.39 is 5.97 Å². The van der Waals surface area contributed by atoms with Gasteiger partial charge in [0, 0.05) is 12.4 Å². The molecule has 86 valence electrons. The highest BCUT2D eigenvalue weighted by Crippen LogP contribution is 2.13. The summed E-state index contributed by atoms with van der Waals surface area (Å²) in [5.74, 6) is -0.0743. The maximum Gasteiger partial charge on any atom is 0.341 e. The van der Waals surface area contributed by atoms with Crippen LogP contribution in [0.4, 0.5) is 0 Å². The van der Waals surface area contributed by atoms with Gasteiger partial charge in [-0.2, -0.15) is 0 Å². The molecule has 0 aromatic carbocycles. The van der Waals surface area contributed by atoms with Gasteiger partial charge in [0.15, 0.2) is 5.65 Å². The third-order valence-corrected chi connectivity index (χ3v) is 2.35. The molecule has 2 aromatic heterocycles. The Kier molecular flexibility index (Phi) is 4.15. The molecule has 4 nitrogen and oxygen atoms in total. The molecule has 0 unspecified atom stereocenters. The number of alkyl halides is 1. The van der Waals surface area contributed by atoms with Crippen LogP contribution in [-0.4, -0.2) is 22.5 Å². The topological polar surface area (TPSA) is 43.6 Å². The molecule has 0 aliphatic rings. The number of nitrogens with zero attached hydrogens (tertiary/aromatic N) is 2. The lowest BCUT2D eigenvalue weighted by atomic mass is 10.3. The van der Waals surface area contributed by atoms with E-state index in [2.05, 4.69) is 9.72 Å². The highest BCUT2D eigenvalue weighted by Gasteiger charge is 2.12. The van der Waals surface area contributed by atoms with Crippen LogP contribution < -0.4 is 0 Å². The maximum absolute atomic E-state index is 11.4. The van der Waals surface area contributed by atoms with Crippen molar-refractivity contribution < 1.29 is 9.53 Å². The van der Waals surface area contributed by atoms with Gasteiger partial charge >= 0.3 is 5.97 Å². The fourth-order valence-corrected chi connectivity index (χ4v) is 1.53. The number of fused-ring (bicyclic) bond motifs is 1. The van der Waals surface area contributed by atoms with E-state index in [9.17, 15) is 4.79 Å². The lowest BCUT2D eigenvalue weighted by molar-refractivity contribution is 0.0602. The second kappa shape index (κ2) is 5.18. The molecule has 0 amide bonds. The molecule has 0 aliphatic heterocycles. The van der Waals surface area contributed by atoms with Gasteiger partial charge in [0.1, 0.15) is 5.56 Å². The van der Waals surface area contributed by atoms with E-state index in [1.54, 1.807) is 22.7 Å². The number of esters is 1. The SMILES string of the molecule is COC(=O)c1cccn2cc(CCl)nc12.Cl. The number of pyridine rings is 1. The van der Waals surface area contributed by atoms with Crippen molar-refractivity contribution in [3.8, 4) is 0 Å². The van der Waals surface area contributed by atoms with E-state index in [0.717, 1.165) is 5.69 Å². The lowest BCUT2D eigenvalue weighted by Gasteiger charge is -2.00. The molecular formula is C10H10Cl2N2O2. The average Bonchev–Trinajstić information content (AvgIpc) is 2.70. The van der Waals surface area contributed by atoms with Crippen LogP contribution in [0.5, 0.6) is 0 Å². The number of aromatic nitrogens is 2. The van der Waals surface area contributed by atoms with Gasteiger partial charge in [-0.05, 0) is 12.1 Å². The van der Waals surface area contributed by atoms with Crippen molar-refractivity contribution in [2.45, 2.75) is 5.88 Å².